The lowest BCUT2D eigenvalue weighted by Crippen LogP contribution is -2.32. The van der Waals surface area contributed by atoms with Crippen LogP contribution in [0.25, 0.3) is 0 Å². The van der Waals surface area contributed by atoms with Gasteiger partial charge in [-0.05, 0) is 49.7 Å². The third-order valence-corrected chi connectivity index (χ3v) is 3.45. The standard InChI is InChI=1S/C18H19F3N2O2/c1-12-3-8-16(13(2)11-12)25-10-9-22-17(24)23-15-6-4-14(5-7-15)18(19,20)21/h3-8,11H,9-10H2,1-2H3,(H2,22,23,24). The molecule has 2 amide bonds. The number of alkyl halides is 3. The summed E-state index contributed by atoms with van der Waals surface area (Å²) in [5, 5.41) is 5.04. The Morgan fingerprint density at radius 2 is 1.76 bits per heavy atom. The van der Waals surface area contributed by atoms with Crippen molar-refractivity contribution in [2.24, 2.45) is 0 Å². The summed E-state index contributed by atoms with van der Waals surface area (Å²) in [5.41, 5.74) is 1.66. The van der Waals surface area contributed by atoms with Gasteiger partial charge in [-0.25, -0.2) is 4.79 Å². The van der Waals surface area contributed by atoms with Crippen molar-refractivity contribution in [3.63, 3.8) is 0 Å². The average molecular weight is 352 g/mol. The van der Waals surface area contributed by atoms with E-state index in [0.717, 1.165) is 29.0 Å². The summed E-state index contributed by atoms with van der Waals surface area (Å²) < 4.78 is 43.0. The van der Waals surface area contributed by atoms with Crippen LogP contribution in [0.4, 0.5) is 23.7 Å². The molecule has 0 aliphatic heterocycles. The number of anilines is 1. The van der Waals surface area contributed by atoms with Gasteiger partial charge in [0, 0.05) is 5.69 Å². The minimum Gasteiger partial charge on any atom is -0.491 e. The second kappa shape index (κ2) is 7.92. The third-order valence-electron chi connectivity index (χ3n) is 3.45. The van der Waals surface area contributed by atoms with Crippen molar-refractivity contribution in [1.29, 1.82) is 0 Å². The molecule has 2 N–H and O–H groups in total. The molecule has 0 radical (unpaired) electrons. The van der Waals surface area contributed by atoms with Crippen LogP contribution in [0.3, 0.4) is 0 Å². The Kier molecular flexibility index (Phi) is 5.90. The van der Waals surface area contributed by atoms with Crippen LogP contribution in [0.2, 0.25) is 0 Å². The molecule has 2 aromatic rings. The van der Waals surface area contributed by atoms with Gasteiger partial charge in [0.25, 0.3) is 0 Å². The first-order valence-electron chi connectivity index (χ1n) is 7.68. The second-order valence-electron chi connectivity index (χ2n) is 5.57. The van der Waals surface area contributed by atoms with Gasteiger partial charge < -0.3 is 15.4 Å². The maximum Gasteiger partial charge on any atom is 0.416 e. The number of nitrogens with one attached hydrogen (secondary N) is 2. The van der Waals surface area contributed by atoms with Crippen LogP contribution < -0.4 is 15.4 Å². The Hall–Kier alpha value is -2.70. The van der Waals surface area contributed by atoms with E-state index in [1.807, 2.05) is 32.0 Å². The van der Waals surface area contributed by atoms with Gasteiger partial charge in [-0.15, -0.1) is 0 Å². The van der Waals surface area contributed by atoms with E-state index in [1.54, 1.807) is 0 Å². The summed E-state index contributed by atoms with van der Waals surface area (Å²) >= 11 is 0. The zero-order valence-electron chi connectivity index (χ0n) is 13.9. The molecule has 134 valence electrons. The van der Waals surface area contributed by atoms with E-state index in [-0.39, 0.29) is 18.8 Å². The molecule has 0 saturated carbocycles. The van der Waals surface area contributed by atoms with Crippen molar-refractivity contribution >= 4 is 11.7 Å². The molecule has 0 atom stereocenters. The largest absolute Gasteiger partial charge is 0.491 e. The molecule has 2 aromatic carbocycles. The van der Waals surface area contributed by atoms with E-state index in [2.05, 4.69) is 10.6 Å². The number of aryl methyl sites for hydroxylation is 2. The Bertz CT molecular complexity index is 728. The van der Waals surface area contributed by atoms with Gasteiger partial charge in [-0.1, -0.05) is 17.7 Å². The van der Waals surface area contributed by atoms with Gasteiger partial charge in [0.05, 0.1) is 12.1 Å². The van der Waals surface area contributed by atoms with Gasteiger partial charge in [-0.3, -0.25) is 0 Å². The van der Waals surface area contributed by atoms with Gasteiger partial charge in [0.15, 0.2) is 0 Å². The van der Waals surface area contributed by atoms with Gasteiger partial charge in [0.1, 0.15) is 12.4 Å². The summed E-state index contributed by atoms with van der Waals surface area (Å²) in [5.74, 6) is 0.746. The topological polar surface area (TPSA) is 50.4 Å². The van der Waals surface area contributed by atoms with E-state index in [9.17, 15) is 18.0 Å². The summed E-state index contributed by atoms with van der Waals surface area (Å²) in [7, 11) is 0. The normalized spacial score (nSPS) is 11.1. The van der Waals surface area contributed by atoms with Gasteiger partial charge in [-0.2, -0.15) is 13.2 Å². The Morgan fingerprint density at radius 3 is 2.36 bits per heavy atom. The quantitative estimate of drug-likeness (QED) is 0.777. The molecule has 0 unspecified atom stereocenters. The van der Waals surface area contributed by atoms with Crippen LogP contribution in [0.15, 0.2) is 42.5 Å². The number of halogens is 3. The van der Waals surface area contributed by atoms with E-state index in [4.69, 9.17) is 4.74 Å². The van der Waals surface area contributed by atoms with Crippen molar-refractivity contribution in [2.75, 3.05) is 18.5 Å². The highest BCUT2D eigenvalue weighted by molar-refractivity contribution is 5.89. The number of ether oxygens (including phenoxy) is 1. The maximum absolute atomic E-state index is 12.5. The van der Waals surface area contributed by atoms with Crippen LogP contribution in [0, 0.1) is 13.8 Å². The first-order chi connectivity index (χ1) is 11.8. The molecule has 7 heteroatoms. The Morgan fingerprint density at radius 1 is 1.08 bits per heavy atom. The first-order valence-corrected chi connectivity index (χ1v) is 7.68. The second-order valence-corrected chi connectivity index (χ2v) is 5.57. The Labute approximate surface area is 144 Å². The van der Waals surface area contributed by atoms with Crippen LogP contribution in [0.5, 0.6) is 5.75 Å². The minimum atomic E-state index is -4.40. The average Bonchev–Trinajstić information content (AvgIpc) is 2.53. The molecule has 0 spiro atoms. The van der Waals surface area contributed by atoms with Crippen LogP contribution in [-0.2, 0) is 6.18 Å². The van der Waals surface area contributed by atoms with Crippen molar-refractivity contribution in [1.82, 2.24) is 5.32 Å². The van der Waals surface area contributed by atoms with Crippen LogP contribution >= 0.6 is 0 Å². The molecule has 25 heavy (non-hydrogen) atoms. The smallest absolute Gasteiger partial charge is 0.416 e. The molecule has 4 nitrogen and oxygen atoms in total. The molecule has 0 bridgehead atoms. The molecule has 0 aromatic heterocycles. The summed E-state index contributed by atoms with van der Waals surface area (Å²) in [6.45, 7) is 4.47. The first kappa shape index (κ1) is 18.6. The highest BCUT2D eigenvalue weighted by Gasteiger charge is 2.29. The number of rotatable bonds is 5. The van der Waals surface area contributed by atoms with Gasteiger partial charge >= 0.3 is 12.2 Å². The predicted octanol–water partition coefficient (Wildman–Crippen LogP) is 4.52. The lowest BCUT2D eigenvalue weighted by molar-refractivity contribution is -0.137. The number of carbonyl (C=O) groups excluding carboxylic acids is 1. The SMILES string of the molecule is Cc1ccc(OCCNC(=O)Nc2ccc(C(F)(F)F)cc2)c(C)c1. The fraction of sp³-hybridized carbons (Fsp3) is 0.278. The molecular weight excluding hydrogens is 333 g/mol. The molecule has 0 aliphatic rings. The summed E-state index contributed by atoms with van der Waals surface area (Å²) in [4.78, 5) is 11.7. The van der Waals surface area contributed by atoms with E-state index < -0.39 is 17.8 Å². The Balaban J connectivity index is 1.75. The predicted molar refractivity (Wildman–Crippen MR) is 89.9 cm³/mol. The molecular formula is C18H19F3N2O2. The highest BCUT2D eigenvalue weighted by atomic mass is 19.4. The lowest BCUT2D eigenvalue weighted by atomic mass is 10.1. The molecule has 2 rings (SSSR count). The van der Waals surface area contributed by atoms with Crippen molar-refractivity contribution < 1.29 is 22.7 Å². The fourth-order valence-electron chi connectivity index (χ4n) is 2.20. The molecule has 0 fully saturated rings. The molecule has 0 saturated heterocycles. The number of carbonyl (C=O) groups is 1. The van der Waals surface area contributed by atoms with Crippen LogP contribution in [-0.4, -0.2) is 19.2 Å². The fourth-order valence-corrected chi connectivity index (χ4v) is 2.20. The van der Waals surface area contributed by atoms with Crippen molar-refractivity contribution in [3.8, 4) is 5.75 Å². The van der Waals surface area contributed by atoms with Gasteiger partial charge in [0.2, 0.25) is 0 Å². The van der Waals surface area contributed by atoms with E-state index in [0.29, 0.717) is 0 Å². The number of amides is 2. The maximum atomic E-state index is 12.5. The zero-order valence-corrected chi connectivity index (χ0v) is 13.9. The monoisotopic (exact) mass is 352 g/mol. The molecule has 0 aliphatic carbocycles. The van der Waals surface area contributed by atoms with E-state index >= 15 is 0 Å². The van der Waals surface area contributed by atoms with Crippen molar-refractivity contribution in [2.45, 2.75) is 20.0 Å². The van der Waals surface area contributed by atoms with Crippen molar-refractivity contribution in [3.05, 3.63) is 59.2 Å². The number of hydrogen-bond acceptors (Lipinski definition) is 2. The number of urea groups is 1. The number of hydrogen-bond donors (Lipinski definition) is 2. The third kappa shape index (κ3) is 5.70. The summed E-state index contributed by atoms with van der Waals surface area (Å²) in [6, 6.07) is 9.53. The van der Waals surface area contributed by atoms with Crippen LogP contribution in [0.1, 0.15) is 16.7 Å². The summed E-state index contributed by atoms with van der Waals surface area (Å²) in [6.07, 6.45) is -4.40. The lowest BCUT2D eigenvalue weighted by Gasteiger charge is -2.11. The zero-order chi connectivity index (χ0) is 18.4. The number of benzene rings is 2. The minimum absolute atomic E-state index is 0.264. The highest BCUT2D eigenvalue weighted by Crippen LogP contribution is 2.29. The van der Waals surface area contributed by atoms with E-state index in [1.165, 1.54) is 12.1 Å². The molecule has 0 heterocycles.